The summed E-state index contributed by atoms with van der Waals surface area (Å²) < 4.78 is 54.2. The highest BCUT2D eigenvalue weighted by molar-refractivity contribution is 9.11. The molecule has 6 heterocycles. The molecule has 18 heteroatoms. The molecule has 2 aliphatic rings. The molecule has 0 saturated carbocycles. The maximum atomic E-state index is 14.3. The molecule has 13 nitrogen and oxygen atoms in total. The number of terminal acetylenes is 1. The van der Waals surface area contributed by atoms with Gasteiger partial charge in [-0.05, 0) is 81.3 Å². The summed E-state index contributed by atoms with van der Waals surface area (Å²) in [6.07, 6.45) is 14.8. The number of aryl methyl sites for hydroxylation is 1. The van der Waals surface area contributed by atoms with Gasteiger partial charge in [0.1, 0.15) is 41.6 Å². The van der Waals surface area contributed by atoms with Crippen molar-refractivity contribution < 1.29 is 27.7 Å². The Kier molecular flexibility index (Phi) is 14.1. The Morgan fingerprint density at radius 2 is 1.38 bits per heavy atom. The van der Waals surface area contributed by atoms with Crippen molar-refractivity contribution in [3.05, 3.63) is 98.0 Å². The van der Waals surface area contributed by atoms with Crippen LogP contribution in [0.25, 0.3) is 11.3 Å². The van der Waals surface area contributed by atoms with Gasteiger partial charge in [-0.15, -0.1) is 32.7 Å². The Bertz CT molecular complexity index is 2230. The second-order valence-corrected chi connectivity index (χ2v) is 13.6. The molecule has 2 aromatic carbocycles. The zero-order chi connectivity index (χ0) is 38.1. The highest BCUT2D eigenvalue weighted by Crippen LogP contribution is 2.35. The number of benzene rings is 2. The first-order valence-electron chi connectivity index (χ1n) is 16.0. The van der Waals surface area contributed by atoms with Crippen LogP contribution in [0.1, 0.15) is 35.0 Å². The van der Waals surface area contributed by atoms with E-state index in [9.17, 15) is 8.78 Å². The van der Waals surface area contributed by atoms with Crippen molar-refractivity contribution in [3.8, 4) is 23.8 Å². The quantitative estimate of drug-likeness (QED) is 0.111. The lowest BCUT2D eigenvalue weighted by Gasteiger charge is -2.09. The van der Waals surface area contributed by atoms with Crippen molar-refractivity contribution in [1.29, 1.82) is 0 Å². The lowest BCUT2D eigenvalue weighted by molar-refractivity contribution is -0.0370. The third-order valence-electron chi connectivity index (χ3n) is 8.05. The minimum atomic E-state index is -0.351. The van der Waals surface area contributed by atoms with Crippen LogP contribution in [0, 0.1) is 24.0 Å². The van der Waals surface area contributed by atoms with Crippen molar-refractivity contribution in [1.82, 2.24) is 39.2 Å². The molecule has 0 spiro atoms. The summed E-state index contributed by atoms with van der Waals surface area (Å²) in [6, 6.07) is 6.08. The molecule has 4 aromatic heterocycles. The van der Waals surface area contributed by atoms with Gasteiger partial charge >= 0.3 is 0 Å². The summed E-state index contributed by atoms with van der Waals surface area (Å²) in [5, 5.41) is 16.6. The summed E-state index contributed by atoms with van der Waals surface area (Å²) in [5.41, 5.74) is 9.86. The number of aromatic nitrogens is 8. The molecule has 0 saturated heterocycles. The molecule has 0 amide bonds. The molecule has 6 aromatic rings. The molecule has 2 unspecified atom stereocenters. The number of ether oxygens (including phenoxy) is 4. The van der Waals surface area contributed by atoms with E-state index in [2.05, 4.69) is 74.6 Å². The topological polar surface area (TPSA) is 149 Å². The van der Waals surface area contributed by atoms with Gasteiger partial charge in [0.15, 0.2) is 16.5 Å². The first-order valence-corrected chi connectivity index (χ1v) is 18.8. The number of methoxy groups -OCH3 is 2. The van der Waals surface area contributed by atoms with Crippen LogP contribution in [0.3, 0.4) is 0 Å². The zero-order valence-corrected chi connectivity index (χ0v) is 33.1. The number of nitrogens with two attached hydrogens (primary N) is 1. The van der Waals surface area contributed by atoms with Gasteiger partial charge in [0, 0.05) is 69.1 Å². The average Bonchev–Trinajstić information content (AvgIpc) is 3.99. The van der Waals surface area contributed by atoms with E-state index >= 15 is 0 Å². The maximum absolute atomic E-state index is 14.3. The Balaban J connectivity index is 0.000000159. The minimum Gasteiger partial charge on any atom is -0.464 e. The second-order valence-electron chi connectivity index (χ2n) is 11.1. The first-order chi connectivity index (χ1) is 25.7. The minimum absolute atomic E-state index is 0.189. The van der Waals surface area contributed by atoms with Gasteiger partial charge < -0.3 is 24.7 Å². The standard InChI is InChI=1S/C16H14BrFN4O2.C10H12FNO2.C6H5BrN4S.C3H4/c1-23-15-6-10-9(12(18)3-4-13(10)24-15)2-5-14-19-7-11(17)16-21-20-8-22(14)16;1-13-10-4-6-7(5-12)8(11)2-3-9(6)14-10;1-12-6-8-2-4(7)5-10-9-3-11(5)6;1-3-2/h3-4,7-8,15H,2,5-6H2,1H3;2-3,10H,4-5,12H2,1H3;2-3H,1H3;1H,2H3. The molecule has 2 aliphatic heterocycles. The van der Waals surface area contributed by atoms with E-state index in [0.29, 0.717) is 54.0 Å². The fraction of sp³-hybridized carbons (Fsp3) is 0.314. The highest BCUT2D eigenvalue weighted by atomic mass is 79.9. The van der Waals surface area contributed by atoms with E-state index in [1.54, 1.807) is 74.5 Å². The van der Waals surface area contributed by atoms with Gasteiger partial charge in [-0.2, -0.15) is 0 Å². The van der Waals surface area contributed by atoms with Crippen molar-refractivity contribution in [3.63, 3.8) is 0 Å². The summed E-state index contributed by atoms with van der Waals surface area (Å²) in [5.74, 6) is 3.89. The van der Waals surface area contributed by atoms with Gasteiger partial charge in [-0.25, -0.2) is 18.7 Å². The van der Waals surface area contributed by atoms with Gasteiger partial charge in [-0.3, -0.25) is 8.80 Å². The molecular weight excluding hydrogens is 840 g/mol. The smallest absolute Gasteiger partial charge is 0.203 e. The molecule has 8 rings (SSSR count). The number of hydrogen-bond donors (Lipinski definition) is 1. The number of thioether (sulfide) groups is 1. The first kappa shape index (κ1) is 39.9. The van der Waals surface area contributed by atoms with Crippen LogP contribution in [0.5, 0.6) is 11.5 Å². The second kappa shape index (κ2) is 18.7. The van der Waals surface area contributed by atoms with Gasteiger partial charge in [0.25, 0.3) is 0 Å². The van der Waals surface area contributed by atoms with Crippen LogP contribution in [0.2, 0.25) is 0 Å². The fourth-order valence-electron chi connectivity index (χ4n) is 5.59. The van der Waals surface area contributed by atoms with E-state index in [0.717, 1.165) is 36.7 Å². The molecular formula is C35H35Br2F2N9O4S. The molecule has 2 N–H and O–H groups in total. The highest BCUT2D eigenvalue weighted by Gasteiger charge is 2.28. The predicted molar refractivity (Wildman–Crippen MR) is 202 cm³/mol. The molecule has 2 atom stereocenters. The summed E-state index contributed by atoms with van der Waals surface area (Å²) in [7, 11) is 3.15. The molecule has 0 aliphatic carbocycles. The Morgan fingerprint density at radius 1 is 0.868 bits per heavy atom. The van der Waals surface area contributed by atoms with Crippen LogP contribution in [-0.4, -0.2) is 72.2 Å². The van der Waals surface area contributed by atoms with Crippen molar-refractivity contribution in [2.24, 2.45) is 5.73 Å². The normalized spacial score (nSPS) is 15.1. The molecule has 53 heavy (non-hydrogen) atoms. The molecule has 278 valence electrons. The Hall–Kier alpha value is -4.25. The Morgan fingerprint density at radius 3 is 1.92 bits per heavy atom. The van der Waals surface area contributed by atoms with E-state index < -0.39 is 0 Å². The molecule has 0 radical (unpaired) electrons. The Labute approximate surface area is 325 Å². The van der Waals surface area contributed by atoms with Crippen molar-refractivity contribution in [2.45, 2.75) is 56.9 Å². The van der Waals surface area contributed by atoms with Gasteiger partial charge in [0.05, 0.1) is 8.95 Å². The SMILES string of the molecule is C#CC.COC1Cc2c(ccc(F)c2CCc2ncc(Br)c3nncn23)O1.COC1Cc2c(ccc(F)c2CN)O1.CSc1ncc(Br)c2nncn12. The summed E-state index contributed by atoms with van der Waals surface area (Å²) >= 11 is 8.30. The van der Waals surface area contributed by atoms with Crippen LogP contribution in [0.4, 0.5) is 8.78 Å². The maximum Gasteiger partial charge on any atom is 0.203 e. The summed E-state index contributed by atoms with van der Waals surface area (Å²) in [4.78, 5) is 8.60. The number of rotatable bonds is 7. The fourth-order valence-corrected chi connectivity index (χ4v) is 6.82. The van der Waals surface area contributed by atoms with Crippen LogP contribution < -0.4 is 15.2 Å². The lowest BCUT2D eigenvalue weighted by atomic mass is 9.99. The molecule has 0 bridgehead atoms. The van der Waals surface area contributed by atoms with E-state index in [1.165, 1.54) is 12.1 Å². The predicted octanol–water partition coefficient (Wildman–Crippen LogP) is 6.16. The van der Waals surface area contributed by atoms with Crippen molar-refractivity contribution >= 4 is 54.9 Å². The van der Waals surface area contributed by atoms with E-state index in [-0.39, 0.29) is 30.8 Å². The zero-order valence-electron chi connectivity index (χ0n) is 29.1. The monoisotopic (exact) mass is 873 g/mol. The van der Waals surface area contributed by atoms with Crippen LogP contribution in [-0.2, 0) is 41.7 Å². The lowest BCUT2D eigenvalue weighted by Crippen LogP contribution is -2.14. The third-order valence-corrected chi connectivity index (χ3v) is 9.84. The average molecular weight is 876 g/mol. The van der Waals surface area contributed by atoms with E-state index in [4.69, 9.17) is 24.7 Å². The van der Waals surface area contributed by atoms with Crippen molar-refractivity contribution in [2.75, 3.05) is 20.5 Å². The van der Waals surface area contributed by atoms with Gasteiger partial charge in [0.2, 0.25) is 12.6 Å². The number of fused-ring (bicyclic) bond motifs is 4. The largest absolute Gasteiger partial charge is 0.464 e. The molecule has 0 fully saturated rings. The number of nitrogens with zero attached hydrogens (tertiary/aromatic N) is 8. The van der Waals surface area contributed by atoms with Gasteiger partial charge in [-0.1, -0.05) is 11.8 Å². The van der Waals surface area contributed by atoms with Crippen LogP contribution >= 0.6 is 43.6 Å². The van der Waals surface area contributed by atoms with E-state index in [1.807, 2.05) is 10.7 Å². The third kappa shape index (κ3) is 9.11. The number of halogens is 4. The van der Waals surface area contributed by atoms with Crippen LogP contribution in [0.15, 0.2) is 63.4 Å². The number of hydrogen-bond acceptors (Lipinski definition) is 12. The summed E-state index contributed by atoms with van der Waals surface area (Å²) in [6.45, 7) is 1.84.